The SMILES string of the molecule is CCOC(=O)Nc1ccc(C(=O)N2CCC[C@@H](c3nc4ccccc4s3)C2)cc1. The molecule has 1 N–H and O–H groups in total. The predicted octanol–water partition coefficient (Wildman–Crippen LogP) is 4.88. The molecule has 1 saturated heterocycles. The maximum Gasteiger partial charge on any atom is 0.411 e. The Kier molecular flexibility index (Phi) is 5.76. The van der Waals surface area contributed by atoms with Gasteiger partial charge in [0, 0.05) is 30.3 Å². The molecule has 3 aromatic rings. The lowest BCUT2D eigenvalue weighted by atomic mass is 9.98. The number of likely N-dealkylation sites (tertiary alicyclic amines) is 1. The molecule has 0 saturated carbocycles. The predicted molar refractivity (Wildman–Crippen MR) is 115 cm³/mol. The Morgan fingerprint density at radius 3 is 2.76 bits per heavy atom. The highest BCUT2D eigenvalue weighted by Gasteiger charge is 2.27. The molecular weight excluding hydrogens is 386 g/mol. The van der Waals surface area contributed by atoms with Crippen LogP contribution in [-0.2, 0) is 4.74 Å². The number of piperidine rings is 1. The molecule has 2 aromatic carbocycles. The van der Waals surface area contributed by atoms with Crippen molar-refractivity contribution < 1.29 is 14.3 Å². The number of para-hydroxylation sites is 1. The third-order valence-electron chi connectivity index (χ3n) is 5.02. The topological polar surface area (TPSA) is 71.5 Å². The normalized spacial score (nSPS) is 16.6. The summed E-state index contributed by atoms with van der Waals surface area (Å²) >= 11 is 1.72. The molecule has 4 rings (SSSR count). The average Bonchev–Trinajstić information content (AvgIpc) is 3.18. The highest BCUT2D eigenvalue weighted by molar-refractivity contribution is 7.18. The molecule has 0 bridgehead atoms. The molecule has 1 aliphatic heterocycles. The minimum atomic E-state index is -0.499. The second kappa shape index (κ2) is 8.61. The molecule has 0 unspecified atom stereocenters. The standard InChI is InChI=1S/C22H23N3O3S/c1-2-28-22(27)23-17-11-9-15(10-12-17)21(26)25-13-5-6-16(14-25)20-24-18-7-3-4-8-19(18)29-20/h3-4,7-12,16H,2,5-6,13-14H2,1H3,(H,23,27)/t16-/m1/s1. The minimum absolute atomic E-state index is 0.0125. The van der Waals surface area contributed by atoms with E-state index in [-0.39, 0.29) is 11.8 Å². The summed E-state index contributed by atoms with van der Waals surface area (Å²) in [5.41, 5.74) is 2.25. The van der Waals surface area contributed by atoms with Crippen LogP contribution in [0.3, 0.4) is 0 Å². The van der Waals surface area contributed by atoms with Gasteiger partial charge in [-0.15, -0.1) is 11.3 Å². The number of rotatable bonds is 4. The number of thiazole rings is 1. The lowest BCUT2D eigenvalue weighted by Gasteiger charge is -2.32. The zero-order valence-corrected chi connectivity index (χ0v) is 17.1. The van der Waals surface area contributed by atoms with E-state index in [0.717, 1.165) is 29.9 Å². The van der Waals surface area contributed by atoms with E-state index in [0.29, 0.717) is 24.4 Å². The number of hydrogen-bond donors (Lipinski definition) is 1. The van der Waals surface area contributed by atoms with Crippen molar-refractivity contribution in [3.63, 3.8) is 0 Å². The molecule has 0 aliphatic carbocycles. The van der Waals surface area contributed by atoms with E-state index >= 15 is 0 Å². The number of aromatic nitrogens is 1. The van der Waals surface area contributed by atoms with Crippen molar-refractivity contribution in [3.8, 4) is 0 Å². The molecule has 6 nitrogen and oxygen atoms in total. The van der Waals surface area contributed by atoms with Crippen LogP contribution in [0.25, 0.3) is 10.2 Å². The van der Waals surface area contributed by atoms with Crippen molar-refractivity contribution in [2.24, 2.45) is 0 Å². The summed E-state index contributed by atoms with van der Waals surface area (Å²) in [5.74, 6) is 0.286. The summed E-state index contributed by atoms with van der Waals surface area (Å²) < 4.78 is 6.05. The first-order valence-corrected chi connectivity index (χ1v) is 10.6. The number of anilines is 1. The molecule has 1 atom stereocenters. The molecule has 29 heavy (non-hydrogen) atoms. The summed E-state index contributed by atoms with van der Waals surface area (Å²) in [6, 6.07) is 15.1. The summed E-state index contributed by atoms with van der Waals surface area (Å²) in [7, 11) is 0. The quantitative estimate of drug-likeness (QED) is 0.666. The summed E-state index contributed by atoms with van der Waals surface area (Å²) in [5, 5.41) is 3.75. The maximum atomic E-state index is 13.0. The van der Waals surface area contributed by atoms with Crippen LogP contribution < -0.4 is 5.32 Å². The maximum absolute atomic E-state index is 13.0. The molecule has 0 spiro atoms. The zero-order chi connectivity index (χ0) is 20.2. The molecule has 1 aromatic heterocycles. The Balaban J connectivity index is 1.43. The first-order valence-electron chi connectivity index (χ1n) is 9.82. The molecule has 2 heterocycles. The van der Waals surface area contributed by atoms with E-state index in [2.05, 4.69) is 11.4 Å². The van der Waals surface area contributed by atoms with Gasteiger partial charge in [0.05, 0.1) is 21.8 Å². The smallest absolute Gasteiger partial charge is 0.411 e. The van der Waals surface area contributed by atoms with Crippen molar-refractivity contribution >= 4 is 39.2 Å². The Bertz CT molecular complexity index is 983. The molecule has 1 fully saturated rings. The molecule has 150 valence electrons. The van der Waals surface area contributed by atoms with Crippen LogP contribution in [0.1, 0.15) is 41.0 Å². The summed E-state index contributed by atoms with van der Waals surface area (Å²) in [6.07, 6.45) is 1.52. The number of benzene rings is 2. The third kappa shape index (κ3) is 4.40. The minimum Gasteiger partial charge on any atom is -0.450 e. The highest BCUT2D eigenvalue weighted by atomic mass is 32.1. The van der Waals surface area contributed by atoms with Crippen molar-refractivity contribution in [1.82, 2.24) is 9.88 Å². The number of hydrogen-bond acceptors (Lipinski definition) is 5. The first-order chi connectivity index (χ1) is 14.1. The Morgan fingerprint density at radius 1 is 1.21 bits per heavy atom. The van der Waals surface area contributed by atoms with E-state index in [1.54, 1.807) is 42.5 Å². The fourth-order valence-corrected chi connectivity index (χ4v) is 4.68. The molecule has 7 heteroatoms. The van der Waals surface area contributed by atoms with E-state index < -0.39 is 6.09 Å². The van der Waals surface area contributed by atoms with E-state index in [1.807, 2.05) is 23.1 Å². The van der Waals surface area contributed by atoms with E-state index in [9.17, 15) is 9.59 Å². The lowest BCUT2D eigenvalue weighted by Crippen LogP contribution is -2.39. The second-order valence-electron chi connectivity index (χ2n) is 7.03. The van der Waals surface area contributed by atoms with Crippen molar-refractivity contribution in [2.75, 3.05) is 25.0 Å². The van der Waals surface area contributed by atoms with Crippen molar-refractivity contribution in [1.29, 1.82) is 0 Å². The van der Waals surface area contributed by atoms with Gasteiger partial charge in [0.15, 0.2) is 0 Å². The monoisotopic (exact) mass is 409 g/mol. The molecule has 2 amide bonds. The van der Waals surface area contributed by atoms with Crippen molar-refractivity contribution in [2.45, 2.75) is 25.7 Å². The van der Waals surface area contributed by atoms with Gasteiger partial charge in [0.2, 0.25) is 0 Å². The number of nitrogens with one attached hydrogen (secondary N) is 1. The first kappa shape index (κ1) is 19.4. The van der Waals surface area contributed by atoms with Gasteiger partial charge in [-0.05, 0) is 56.2 Å². The van der Waals surface area contributed by atoms with Crippen LogP contribution in [0.5, 0.6) is 0 Å². The Hall–Kier alpha value is -2.93. The number of ether oxygens (including phenoxy) is 1. The van der Waals surface area contributed by atoms with Crippen LogP contribution >= 0.6 is 11.3 Å². The van der Waals surface area contributed by atoms with Gasteiger partial charge in [0.25, 0.3) is 5.91 Å². The summed E-state index contributed by atoms with van der Waals surface area (Å²) in [4.78, 5) is 31.2. The van der Waals surface area contributed by atoms with Gasteiger partial charge in [-0.1, -0.05) is 12.1 Å². The zero-order valence-electron chi connectivity index (χ0n) is 16.3. The molecular formula is C22H23N3O3S. The number of amides is 2. The second-order valence-corrected chi connectivity index (χ2v) is 8.10. The van der Waals surface area contributed by atoms with Gasteiger partial charge >= 0.3 is 6.09 Å². The summed E-state index contributed by atoms with van der Waals surface area (Å²) in [6.45, 7) is 3.50. The largest absolute Gasteiger partial charge is 0.450 e. The molecule has 1 aliphatic rings. The Labute approximate surface area is 173 Å². The number of carbonyl (C=O) groups is 2. The van der Waals surface area contributed by atoms with E-state index in [1.165, 1.54) is 4.70 Å². The van der Waals surface area contributed by atoms with Gasteiger partial charge in [-0.3, -0.25) is 10.1 Å². The fourth-order valence-electron chi connectivity index (χ4n) is 3.59. The Morgan fingerprint density at radius 2 is 2.00 bits per heavy atom. The van der Waals surface area contributed by atoms with Crippen LogP contribution in [-0.4, -0.2) is 41.6 Å². The van der Waals surface area contributed by atoms with Gasteiger partial charge in [-0.25, -0.2) is 9.78 Å². The average molecular weight is 410 g/mol. The van der Waals surface area contributed by atoms with Crippen LogP contribution in [0.15, 0.2) is 48.5 Å². The highest BCUT2D eigenvalue weighted by Crippen LogP contribution is 2.33. The van der Waals surface area contributed by atoms with Crippen LogP contribution in [0.2, 0.25) is 0 Å². The molecule has 0 radical (unpaired) electrons. The van der Waals surface area contributed by atoms with Crippen LogP contribution in [0.4, 0.5) is 10.5 Å². The number of carbonyl (C=O) groups excluding carboxylic acids is 2. The van der Waals surface area contributed by atoms with Crippen LogP contribution in [0, 0.1) is 0 Å². The lowest BCUT2D eigenvalue weighted by molar-refractivity contribution is 0.0707. The van der Waals surface area contributed by atoms with Gasteiger partial charge < -0.3 is 9.64 Å². The number of fused-ring (bicyclic) bond motifs is 1. The third-order valence-corrected chi connectivity index (χ3v) is 6.22. The van der Waals surface area contributed by atoms with Crippen molar-refractivity contribution in [3.05, 3.63) is 59.1 Å². The van der Waals surface area contributed by atoms with E-state index in [4.69, 9.17) is 9.72 Å². The van der Waals surface area contributed by atoms with Gasteiger partial charge in [0.1, 0.15) is 0 Å². The van der Waals surface area contributed by atoms with Gasteiger partial charge in [-0.2, -0.15) is 0 Å². The fraction of sp³-hybridized carbons (Fsp3) is 0.318. The number of nitrogens with zero attached hydrogens (tertiary/aromatic N) is 2.